The Hall–Kier alpha value is -1.84. The highest BCUT2D eigenvalue weighted by molar-refractivity contribution is 5.96. The number of carboxylic acid groups (broad SMARTS) is 1. The zero-order valence-electron chi connectivity index (χ0n) is 9.53. The number of H-pyrrole nitrogens is 1. The Morgan fingerprint density at radius 1 is 1.44 bits per heavy atom. The van der Waals surface area contributed by atoms with Gasteiger partial charge >= 0.3 is 5.97 Å². The van der Waals surface area contributed by atoms with Crippen LogP contribution in [-0.4, -0.2) is 21.0 Å². The lowest BCUT2D eigenvalue weighted by Crippen LogP contribution is -2.15. The molecule has 2 rings (SSSR count). The molecule has 0 saturated heterocycles. The summed E-state index contributed by atoms with van der Waals surface area (Å²) in [6.45, 7) is 5.99. The first kappa shape index (κ1) is 10.7. The molecule has 0 spiro atoms. The molecule has 0 aliphatic rings. The Labute approximate surface area is 93.3 Å². The van der Waals surface area contributed by atoms with Gasteiger partial charge in [-0.05, 0) is 23.1 Å². The van der Waals surface area contributed by atoms with Gasteiger partial charge in [-0.1, -0.05) is 20.8 Å². The summed E-state index contributed by atoms with van der Waals surface area (Å²) < 4.78 is 0. The van der Waals surface area contributed by atoms with Gasteiger partial charge in [-0.3, -0.25) is 0 Å². The van der Waals surface area contributed by atoms with Gasteiger partial charge in [0.05, 0.1) is 0 Å². The Bertz CT molecular complexity index is 550. The molecule has 0 fully saturated rings. The first-order chi connectivity index (χ1) is 7.41. The van der Waals surface area contributed by atoms with Gasteiger partial charge in [-0.15, -0.1) is 0 Å². The molecule has 0 bridgehead atoms. The van der Waals surface area contributed by atoms with Crippen LogP contribution in [0, 0.1) is 0 Å². The summed E-state index contributed by atoms with van der Waals surface area (Å²) in [6.07, 6.45) is 1.65. The predicted octanol–water partition coefficient (Wildman–Crippen LogP) is 2.56. The number of aromatic carboxylic acids is 1. The molecule has 0 aliphatic carbocycles. The fraction of sp³-hybridized carbons (Fsp3) is 0.333. The Kier molecular flexibility index (Phi) is 2.22. The first-order valence-electron chi connectivity index (χ1n) is 5.11. The third-order valence-corrected chi connectivity index (χ3v) is 2.53. The maximum absolute atomic E-state index is 11.2. The summed E-state index contributed by atoms with van der Waals surface area (Å²) in [5.41, 5.74) is 1.45. The predicted molar refractivity (Wildman–Crippen MR) is 61.8 cm³/mol. The zero-order chi connectivity index (χ0) is 11.9. The molecule has 0 saturated carbocycles. The summed E-state index contributed by atoms with van der Waals surface area (Å²) in [6, 6.07) is 3.71. The van der Waals surface area contributed by atoms with Gasteiger partial charge in [0.1, 0.15) is 11.3 Å². The van der Waals surface area contributed by atoms with Crippen molar-refractivity contribution in [3.05, 3.63) is 29.6 Å². The van der Waals surface area contributed by atoms with Gasteiger partial charge in [0.2, 0.25) is 0 Å². The number of aromatic nitrogens is 2. The van der Waals surface area contributed by atoms with Gasteiger partial charge in [0.15, 0.2) is 0 Å². The van der Waals surface area contributed by atoms with Crippen LogP contribution in [0.4, 0.5) is 0 Å². The topological polar surface area (TPSA) is 66.0 Å². The molecule has 2 aromatic rings. The van der Waals surface area contributed by atoms with Crippen molar-refractivity contribution in [3.8, 4) is 0 Å². The Balaban J connectivity index is 2.85. The maximum atomic E-state index is 11.2. The third kappa shape index (κ3) is 1.56. The average molecular weight is 218 g/mol. The quantitative estimate of drug-likeness (QED) is 0.773. The fourth-order valence-electron chi connectivity index (χ4n) is 1.96. The van der Waals surface area contributed by atoms with Crippen molar-refractivity contribution in [3.63, 3.8) is 0 Å². The van der Waals surface area contributed by atoms with Gasteiger partial charge in [-0.2, -0.15) is 0 Å². The number of rotatable bonds is 1. The molecule has 4 heteroatoms. The normalized spacial score (nSPS) is 11.9. The molecule has 0 atom stereocenters. The molecule has 16 heavy (non-hydrogen) atoms. The van der Waals surface area contributed by atoms with E-state index in [1.165, 1.54) is 0 Å². The summed E-state index contributed by atoms with van der Waals surface area (Å²) >= 11 is 0. The van der Waals surface area contributed by atoms with E-state index in [4.69, 9.17) is 0 Å². The number of aromatic amines is 1. The van der Waals surface area contributed by atoms with E-state index < -0.39 is 5.97 Å². The van der Waals surface area contributed by atoms with E-state index in [1.807, 2.05) is 32.9 Å². The van der Waals surface area contributed by atoms with Crippen molar-refractivity contribution in [2.45, 2.75) is 26.2 Å². The molecule has 0 unspecified atom stereocenters. The van der Waals surface area contributed by atoms with E-state index in [9.17, 15) is 9.90 Å². The minimum Gasteiger partial charge on any atom is -0.477 e. The summed E-state index contributed by atoms with van der Waals surface area (Å²) in [4.78, 5) is 18.2. The smallest absolute Gasteiger partial charge is 0.352 e. The fourth-order valence-corrected chi connectivity index (χ4v) is 1.96. The SMILES string of the molecule is CC(C)(C)c1c(C(=O)O)[nH]c2ncccc12. The molecule has 0 radical (unpaired) electrons. The molecule has 84 valence electrons. The van der Waals surface area contributed by atoms with Crippen LogP contribution < -0.4 is 0 Å². The van der Waals surface area contributed by atoms with Crippen LogP contribution in [-0.2, 0) is 5.41 Å². The van der Waals surface area contributed by atoms with E-state index in [2.05, 4.69) is 9.97 Å². The molecule has 0 aromatic carbocycles. The number of pyridine rings is 1. The average Bonchev–Trinajstić information content (AvgIpc) is 2.55. The summed E-state index contributed by atoms with van der Waals surface area (Å²) in [5, 5.41) is 10.1. The monoisotopic (exact) mass is 218 g/mol. The minimum atomic E-state index is -0.942. The van der Waals surface area contributed by atoms with Gasteiger partial charge < -0.3 is 10.1 Å². The third-order valence-electron chi connectivity index (χ3n) is 2.53. The van der Waals surface area contributed by atoms with Crippen molar-refractivity contribution in [1.82, 2.24) is 9.97 Å². The summed E-state index contributed by atoms with van der Waals surface area (Å²) in [7, 11) is 0. The maximum Gasteiger partial charge on any atom is 0.352 e. The lowest BCUT2D eigenvalue weighted by atomic mass is 9.85. The molecule has 0 amide bonds. The van der Waals surface area contributed by atoms with Crippen molar-refractivity contribution >= 4 is 17.0 Å². The van der Waals surface area contributed by atoms with Gasteiger partial charge in [-0.25, -0.2) is 9.78 Å². The lowest BCUT2D eigenvalue weighted by molar-refractivity contribution is 0.0689. The highest BCUT2D eigenvalue weighted by Crippen LogP contribution is 2.32. The molecular weight excluding hydrogens is 204 g/mol. The number of carbonyl (C=O) groups is 1. The highest BCUT2D eigenvalue weighted by Gasteiger charge is 2.26. The molecule has 2 aromatic heterocycles. The largest absolute Gasteiger partial charge is 0.477 e. The van der Waals surface area contributed by atoms with Crippen LogP contribution in [0.25, 0.3) is 11.0 Å². The van der Waals surface area contributed by atoms with Crippen molar-refractivity contribution in [2.24, 2.45) is 0 Å². The van der Waals surface area contributed by atoms with Crippen LogP contribution in [0.2, 0.25) is 0 Å². The lowest BCUT2D eigenvalue weighted by Gasteiger charge is -2.18. The molecule has 4 nitrogen and oxygen atoms in total. The van der Waals surface area contributed by atoms with Crippen LogP contribution in [0.5, 0.6) is 0 Å². The molecule has 0 aliphatic heterocycles. The standard InChI is InChI=1S/C12H14N2O2/c1-12(2,3)8-7-5-4-6-13-10(7)14-9(8)11(15)16/h4-6H,1-3H3,(H,13,14)(H,15,16). The molecule has 2 N–H and O–H groups in total. The highest BCUT2D eigenvalue weighted by atomic mass is 16.4. The van der Waals surface area contributed by atoms with Gasteiger partial charge in [0, 0.05) is 11.6 Å². The molecular formula is C12H14N2O2. The van der Waals surface area contributed by atoms with E-state index in [0.717, 1.165) is 10.9 Å². The number of hydrogen-bond donors (Lipinski definition) is 2. The van der Waals surface area contributed by atoms with Crippen LogP contribution >= 0.6 is 0 Å². The number of fused-ring (bicyclic) bond motifs is 1. The first-order valence-corrected chi connectivity index (χ1v) is 5.11. The molecule has 2 heterocycles. The van der Waals surface area contributed by atoms with E-state index in [0.29, 0.717) is 5.65 Å². The van der Waals surface area contributed by atoms with Crippen LogP contribution in [0.3, 0.4) is 0 Å². The van der Waals surface area contributed by atoms with Crippen LogP contribution in [0.15, 0.2) is 18.3 Å². The second-order valence-corrected chi connectivity index (χ2v) is 4.83. The minimum absolute atomic E-state index is 0.227. The summed E-state index contributed by atoms with van der Waals surface area (Å²) in [5.74, 6) is -0.942. The van der Waals surface area contributed by atoms with Gasteiger partial charge in [0.25, 0.3) is 0 Å². The number of carboxylic acids is 1. The van der Waals surface area contributed by atoms with E-state index in [1.54, 1.807) is 6.20 Å². The van der Waals surface area contributed by atoms with Crippen LogP contribution in [0.1, 0.15) is 36.8 Å². The second kappa shape index (κ2) is 3.33. The second-order valence-electron chi connectivity index (χ2n) is 4.83. The van der Waals surface area contributed by atoms with Crippen molar-refractivity contribution < 1.29 is 9.90 Å². The zero-order valence-corrected chi connectivity index (χ0v) is 9.53. The Morgan fingerprint density at radius 3 is 2.69 bits per heavy atom. The Morgan fingerprint density at radius 2 is 2.12 bits per heavy atom. The number of nitrogens with zero attached hydrogens (tertiary/aromatic N) is 1. The number of nitrogens with one attached hydrogen (secondary N) is 1. The number of hydrogen-bond acceptors (Lipinski definition) is 2. The van der Waals surface area contributed by atoms with Crippen molar-refractivity contribution in [2.75, 3.05) is 0 Å². The van der Waals surface area contributed by atoms with Crippen molar-refractivity contribution in [1.29, 1.82) is 0 Å². The van der Waals surface area contributed by atoms with E-state index >= 15 is 0 Å². The van der Waals surface area contributed by atoms with E-state index in [-0.39, 0.29) is 11.1 Å².